The van der Waals surface area contributed by atoms with Crippen molar-refractivity contribution in [2.45, 2.75) is 18.7 Å². The van der Waals surface area contributed by atoms with Gasteiger partial charge in [-0.3, -0.25) is 4.79 Å². The Hall–Kier alpha value is -2.25. The number of aryl methyl sites for hydroxylation is 1. The summed E-state index contributed by atoms with van der Waals surface area (Å²) in [4.78, 5) is 12.1. The predicted octanol–water partition coefficient (Wildman–Crippen LogP) is 3.50. The Labute approximate surface area is 158 Å². The molecule has 2 aromatic carbocycles. The molecular formula is C18H21ClN2O4S. The second kappa shape index (κ2) is 8.42. The summed E-state index contributed by atoms with van der Waals surface area (Å²) in [7, 11) is -3.54. The quantitative estimate of drug-likeness (QED) is 0.748. The van der Waals surface area contributed by atoms with Gasteiger partial charge in [0.2, 0.25) is 5.91 Å². The van der Waals surface area contributed by atoms with Crippen molar-refractivity contribution >= 4 is 38.7 Å². The molecule has 0 fully saturated rings. The molecule has 1 amide bonds. The molecule has 0 radical (unpaired) electrons. The highest BCUT2D eigenvalue weighted by molar-refractivity contribution is 7.91. The number of carbonyl (C=O) groups excluding carboxylic acids is 1. The van der Waals surface area contributed by atoms with Crippen LogP contribution in [0.5, 0.6) is 5.75 Å². The van der Waals surface area contributed by atoms with Crippen LogP contribution in [0.25, 0.3) is 0 Å². The number of benzene rings is 2. The number of halogens is 1. The summed E-state index contributed by atoms with van der Waals surface area (Å²) in [5.41, 5.74) is 1.56. The molecule has 140 valence electrons. The van der Waals surface area contributed by atoms with E-state index in [9.17, 15) is 13.2 Å². The minimum absolute atomic E-state index is 0.00645. The van der Waals surface area contributed by atoms with Gasteiger partial charge in [-0.2, -0.15) is 0 Å². The summed E-state index contributed by atoms with van der Waals surface area (Å²) >= 11 is 6.14. The first-order valence-corrected chi connectivity index (χ1v) is 10.2. The van der Waals surface area contributed by atoms with Gasteiger partial charge in [0.15, 0.2) is 9.84 Å². The molecule has 0 spiro atoms. The van der Waals surface area contributed by atoms with Crippen LogP contribution in [0, 0.1) is 6.92 Å². The van der Waals surface area contributed by atoms with Crippen LogP contribution in [0.2, 0.25) is 5.02 Å². The molecule has 0 aromatic heterocycles. The average molecular weight is 397 g/mol. The van der Waals surface area contributed by atoms with Crippen molar-refractivity contribution < 1.29 is 17.9 Å². The Morgan fingerprint density at radius 1 is 1.15 bits per heavy atom. The summed E-state index contributed by atoms with van der Waals surface area (Å²) in [5.74, 6) is 0.404. The van der Waals surface area contributed by atoms with E-state index in [2.05, 4.69) is 10.6 Å². The Morgan fingerprint density at radius 3 is 2.38 bits per heavy atom. The SMILES string of the molecule is CCOc1ccc(NC(=O)CNc2ccc(C)c(Cl)c2S(C)(=O)=O)cc1. The van der Waals surface area contributed by atoms with Crippen molar-refractivity contribution in [2.75, 3.05) is 30.0 Å². The topological polar surface area (TPSA) is 84.5 Å². The van der Waals surface area contributed by atoms with Gasteiger partial charge in [0, 0.05) is 11.9 Å². The van der Waals surface area contributed by atoms with Gasteiger partial charge in [-0.15, -0.1) is 0 Å². The zero-order valence-corrected chi connectivity index (χ0v) is 16.4. The van der Waals surface area contributed by atoms with Crippen LogP contribution < -0.4 is 15.4 Å². The van der Waals surface area contributed by atoms with E-state index in [1.54, 1.807) is 43.3 Å². The molecule has 0 saturated heterocycles. The fourth-order valence-corrected chi connectivity index (χ4v) is 3.95. The van der Waals surface area contributed by atoms with E-state index in [-0.39, 0.29) is 22.4 Å². The Balaban J connectivity index is 2.07. The molecule has 0 atom stereocenters. The van der Waals surface area contributed by atoms with Gasteiger partial charge < -0.3 is 15.4 Å². The predicted molar refractivity (Wildman–Crippen MR) is 104 cm³/mol. The van der Waals surface area contributed by atoms with Crippen molar-refractivity contribution in [1.29, 1.82) is 0 Å². The lowest BCUT2D eigenvalue weighted by molar-refractivity contribution is -0.114. The zero-order valence-electron chi connectivity index (χ0n) is 14.8. The molecule has 0 aliphatic rings. The molecule has 2 N–H and O–H groups in total. The van der Waals surface area contributed by atoms with E-state index in [1.165, 1.54) is 0 Å². The monoisotopic (exact) mass is 396 g/mol. The van der Waals surface area contributed by atoms with Crippen LogP contribution in [0.1, 0.15) is 12.5 Å². The van der Waals surface area contributed by atoms with E-state index in [0.717, 1.165) is 12.0 Å². The number of nitrogens with one attached hydrogen (secondary N) is 2. The van der Waals surface area contributed by atoms with E-state index >= 15 is 0 Å². The molecule has 0 heterocycles. The van der Waals surface area contributed by atoms with Gasteiger partial charge in [-0.1, -0.05) is 17.7 Å². The van der Waals surface area contributed by atoms with Gasteiger partial charge in [-0.05, 0) is 49.7 Å². The van der Waals surface area contributed by atoms with E-state index in [1.807, 2.05) is 6.92 Å². The van der Waals surface area contributed by atoms with E-state index < -0.39 is 9.84 Å². The molecule has 2 rings (SSSR count). The molecule has 0 bridgehead atoms. The summed E-state index contributed by atoms with van der Waals surface area (Å²) in [5, 5.41) is 5.72. The molecular weight excluding hydrogens is 376 g/mol. The van der Waals surface area contributed by atoms with Gasteiger partial charge in [-0.25, -0.2) is 8.42 Å². The van der Waals surface area contributed by atoms with Gasteiger partial charge in [0.05, 0.1) is 23.9 Å². The highest BCUT2D eigenvalue weighted by Gasteiger charge is 2.19. The van der Waals surface area contributed by atoms with Gasteiger partial charge in [0.25, 0.3) is 0 Å². The third kappa shape index (κ3) is 5.12. The number of rotatable bonds is 7. The van der Waals surface area contributed by atoms with Crippen molar-refractivity contribution in [3.8, 4) is 5.75 Å². The normalized spacial score (nSPS) is 11.1. The lowest BCUT2D eigenvalue weighted by Crippen LogP contribution is -2.22. The van der Waals surface area contributed by atoms with Gasteiger partial charge in [0.1, 0.15) is 10.6 Å². The molecule has 26 heavy (non-hydrogen) atoms. The highest BCUT2D eigenvalue weighted by Crippen LogP contribution is 2.32. The summed E-state index contributed by atoms with van der Waals surface area (Å²) < 4.78 is 29.4. The number of anilines is 2. The maximum atomic E-state index is 12.1. The summed E-state index contributed by atoms with van der Waals surface area (Å²) in [6.07, 6.45) is 1.08. The first kappa shape index (κ1) is 20.1. The number of amides is 1. The summed E-state index contributed by atoms with van der Waals surface area (Å²) in [6, 6.07) is 10.3. The number of sulfone groups is 1. The van der Waals surface area contributed by atoms with Crippen molar-refractivity contribution in [1.82, 2.24) is 0 Å². The van der Waals surface area contributed by atoms with Crippen LogP contribution in [0.4, 0.5) is 11.4 Å². The summed E-state index contributed by atoms with van der Waals surface area (Å²) in [6.45, 7) is 4.08. The van der Waals surface area contributed by atoms with Crippen LogP contribution in [0.15, 0.2) is 41.3 Å². The fraction of sp³-hybridized carbons (Fsp3) is 0.278. The average Bonchev–Trinajstić information content (AvgIpc) is 2.56. The molecule has 0 aliphatic heterocycles. The van der Waals surface area contributed by atoms with E-state index in [0.29, 0.717) is 23.5 Å². The smallest absolute Gasteiger partial charge is 0.243 e. The third-order valence-electron chi connectivity index (χ3n) is 3.55. The minimum Gasteiger partial charge on any atom is -0.494 e. The van der Waals surface area contributed by atoms with E-state index in [4.69, 9.17) is 16.3 Å². The van der Waals surface area contributed by atoms with Crippen molar-refractivity contribution in [2.24, 2.45) is 0 Å². The van der Waals surface area contributed by atoms with Crippen molar-refractivity contribution in [3.63, 3.8) is 0 Å². The highest BCUT2D eigenvalue weighted by atomic mass is 35.5. The first-order chi connectivity index (χ1) is 12.2. The molecule has 0 aliphatic carbocycles. The number of hydrogen-bond donors (Lipinski definition) is 2. The maximum absolute atomic E-state index is 12.1. The maximum Gasteiger partial charge on any atom is 0.243 e. The lowest BCUT2D eigenvalue weighted by Gasteiger charge is -2.14. The second-order valence-electron chi connectivity index (χ2n) is 5.70. The Morgan fingerprint density at radius 2 is 1.81 bits per heavy atom. The molecule has 2 aromatic rings. The number of carbonyl (C=O) groups is 1. The number of ether oxygens (including phenoxy) is 1. The van der Waals surface area contributed by atoms with Crippen LogP contribution >= 0.6 is 11.6 Å². The second-order valence-corrected chi connectivity index (χ2v) is 8.03. The van der Waals surface area contributed by atoms with Crippen LogP contribution in [-0.2, 0) is 14.6 Å². The Kier molecular flexibility index (Phi) is 6.50. The lowest BCUT2D eigenvalue weighted by atomic mass is 10.2. The van der Waals surface area contributed by atoms with Gasteiger partial charge >= 0.3 is 0 Å². The van der Waals surface area contributed by atoms with Crippen LogP contribution in [-0.4, -0.2) is 33.7 Å². The fourth-order valence-electron chi connectivity index (χ4n) is 2.34. The largest absolute Gasteiger partial charge is 0.494 e. The molecule has 8 heteroatoms. The van der Waals surface area contributed by atoms with Crippen molar-refractivity contribution in [3.05, 3.63) is 47.0 Å². The molecule has 6 nitrogen and oxygen atoms in total. The van der Waals surface area contributed by atoms with Crippen LogP contribution in [0.3, 0.4) is 0 Å². The molecule has 0 unspecified atom stereocenters. The minimum atomic E-state index is -3.54. The number of hydrogen-bond acceptors (Lipinski definition) is 5. The first-order valence-electron chi connectivity index (χ1n) is 7.98. The molecule has 0 saturated carbocycles. The zero-order chi connectivity index (χ0) is 19.3. The third-order valence-corrected chi connectivity index (χ3v) is 5.31. The Bertz CT molecular complexity index is 896. The standard InChI is InChI=1S/C18H21ClN2O4S/c1-4-25-14-8-6-13(7-9-14)21-16(22)11-20-15-10-5-12(2)17(19)18(15)26(3,23)24/h5-10,20H,4,11H2,1-3H3,(H,21,22).